The van der Waals surface area contributed by atoms with E-state index >= 15 is 0 Å². The standard InChI is InChI=1S/C30H36N2O4/c1-22-11-9-16-26(17-22)36-21-28(33)32(20-24-14-10-15-25(18-24)35-5)27(29(34)31-30(2,3)4)19-23-12-7-6-8-13-23/h6-18,27H,19-21H2,1-5H3,(H,31,34)/t27-/m0/s1. The average molecular weight is 489 g/mol. The Morgan fingerprint density at radius 3 is 2.22 bits per heavy atom. The number of carbonyl (C=O) groups excluding carboxylic acids is 2. The van der Waals surface area contributed by atoms with Crippen LogP contribution in [0, 0.1) is 6.92 Å². The molecule has 0 aliphatic rings. The molecule has 0 saturated heterocycles. The molecule has 0 saturated carbocycles. The van der Waals surface area contributed by atoms with Crippen molar-refractivity contribution in [3.63, 3.8) is 0 Å². The van der Waals surface area contributed by atoms with Gasteiger partial charge in [0.2, 0.25) is 5.91 Å². The van der Waals surface area contributed by atoms with E-state index in [-0.39, 0.29) is 25.0 Å². The fraction of sp³-hybridized carbons (Fsp3) is 0.333. The topological polar surface area (TPSA) is 67.9 Å². The lowest BCUT2D eigenvalue weighted by atomic mass is 10.0. The summed E-state index contributed by atoms with van der Waals surface area (Å²) in [6, 6.07) is 24.1. The predicted molar refractivity (Wildman–Crippen MR) is 142 cm³/mol. The Morgan fingerprint density at radius 1 is 0.889 bits per heavy atom. The Kier molecular flexibility index (Phi) is 9.12. The van der Waals surface area contributed by atoms with Gasteiger partial charge in [0.15, 0.2) is 6.61 Å². The molecule has 3 rings (SSSR count). The van der Waals surface area contributed by atoms with Crippen molar-refractivity contribution in [2.24, 2.45) is 0 Å². The molecular formula is C30H36N2O4. The number of nitrogens with one attached hydrogen (secondary N) is 1. The van der Waals surface area contributed by atoms with Crippen molar-refractivity contribution in [3.8, 4) is 11.5 Å². The Hall–Kier alpha value is -3.80. The van der Waals surface area contributed by atoms with Crippen LogP contribution in [0.4, 0.5) is 0 Å². The fourth-order valence-electron chi connectivity index (χ4n) is 3.91. The number of carbonyl (C=O) groups is 2. The molecule has 3 aromatic carbocycles. The van der Waals surface area contributed by atoms with Gasteiger partial charge in [0, 0.05) is 18.5 Å². The van der Waals surface area contributed by atoms with Crippen molar-refractivity contribution >= 4 is 11.8 Å². The summed E-state index contributed by atoms with van der Waals surface area (Å²) in [6.45, 7) is 7.82. The van der Waals surface area contributed by atoms with E-state index in [0.29, 0.717) is 17.9 Å². The van der Waals surface area contributed by atoms with E-state index < -0.39 is 11.6 Å². The summed E-state index contributed by atoms with van der Waals surface area (Å²) in [6.07, 6.45) is 0.378. The first-order chi connectivity index (χ1) is 17.1. The quantitative estimate of drug-likeness (QED) is 0.439. The highest BCUT2D eigenvalue weighted by Gasteiger charge is 2.32. The lowest BCUT2D eigenvalue weighted by molar-refractivity contribution is -0.143. The Labute approximate surface area is 214 Å². The van der Waals surface area contributed by atoms with Gasteiger partial charge < -0.3 is 19.7 Å². The third-order valence-corrected chi connectivity index (χ3v) is 5.61. The van der Waals surface area contributed by atoms with Crippen molar-refractivity contribution in [3.05, 3.63) is 95.6 Å². The van der Waals surface area contributed by atoms with Crippen molar-refractivity contribution in [2.45, 2.75) is 52.2 Å². The molecule has 1 N–H and O–H groups in total. The van der Waals surface area contributed by atoms with Crippen LogP contribution in [-0.4, -0.2) is 42.0 Å². The predicted octanol–water partition coefficient (Wildman–Crippen LogP) is 4.94. The van der Waals surface area contributed by atoms with Crippen LogP contribution in [0.3, 0.4) is 0 Å². The lowest BCUT2D eigenvalue weighted by Crippen LogP contribution is -2.55. The summed E-state index contributed by atoms with van der Waals surface area (Å²) in [5.74, 6) is 0.820. The van der Waals surface area contributed by atoms with Crippen LogP contribution in [0.5, 0.6) is 11.5 Å². The molecule has 0 aromatic heterocycles. The number of benzene rings is 3. The SMILES string of the molecule is COc1cccc(CN(C(=O)COc2cccc(C)c2)[C@@H](Cc2ccccc2)C(=O)NC(C)(C)C)c1. The number of hydrogen-bond acceptors (Lipinski definition) is 4. The van der Waals surface area contributed by atoms with E-state index in [0.717, 1.165) is 16.7 Å². The van der Waals surface area contributed by atoms with Gasteiger partial charge in [-0.05, 0) is 68.7 Å². The van der Waals surface area contributed by atoms with Gasteiger partial charge >= 0.3 is 0 Å². The smallest absolute Gasteiger partial charge is 0.261 e. The largest absolute Gasteiger partial charge is 0.497 e. The number of hydrogen-bond donors (Lipinski definition) is 1. The average Bonchev–Trinajstić information content (AvgIpc) is 2.84. The zero-order chi connectivity index (χ0) is 26.1. The molecule has 0 aliphatic carbocycles. The van der Waals surface area contributed by atoms with Gasteiger partial charge in [0.05, 0.1) is 7.11 Å². The van der Waals surface area contributed by atoms with Gasteiger partial charge in [0.25, 0.3) is 5.91 Å². The first kappa shape index (κ1) is 26.8. The summed E-state index contributed by atoms with van der Waals surface area (Å²) in [5.41, 5.74) is 2.42. The zero-order valence-corrected chi connectivity index (χ0v) is 21.8. The fourth-order valence-corrected chi connectivity index (χ4v) is 3.91. The maximum atomic E-state index is 13.7. The summed E-state index contributed by atoms with van der Waals surface area (Å²) in [7, 11) is 1.60. The highest BCUT2D eigenvalue weighted by atomic mass is 16.5. The third-order valence-electron chi connectivity index (χ3n) is 5.61. The van der Waals surface area contributed by atoms with Gasteiger partial charge in [-0.15, -0.1) is 0 Å². The molecule has 0 unspecified atom stereocenters. The molecule has 3 aromatic rings. The molecule has 0 radical (unpaired) electrons. The normalized spacial score (nSPS) is 11.9. The zero-order valence-electron chi connectivity index (χ0n) is 21.8. The molecule has 0 aliphatic heterocycles. The third kappa shape index (κ3) is 8.15. The van der Waals surface area contributed by atoms with E-state index in [1.54, 1.807) is 12.0 Å². The van der Waals surface area contributed by atoms with Gasteiger partial charge in [-0.1, -0.05) is 54.6 Å². The summed E-state index contributed by atoms with van der Waals surface area (Å²) < 4.78 is 11.2. The molecule has 0 heterocycles. The Balaban J connectivity index is 1.94. The van der Waals surface area contributed by atoms with Crippen LogP contribution < -0.4 is 14.8 Å². The van der Waals surface area contributed by atoms with Crippen LogP contribution in [0.2, 0.25) is 0 Å². The minimum atomic E-state index is -0.730. The van der Waals surface area contributed by atoms with Crippen molar-refractivity contribution in [1.82, 2.24) is 10.2 Å². The lowest BCUT2D eigenvalue weighted by Gasteiger charge is -2.33. The van der Waals surface area contributed by atoms with Gasteiger partial charge in [0.1, 0.15) is 17.5 Å². The van der Waals surface area contributed by atoms with E-state index in [4.69, 9.17) is 9.47 Å². The van der Waals surface area contributed by atoms with Crippen molar-refractivity contribution < 1.29 is 19.1 Å². The molecule has 1 atom stereocenters. The van der Waals surface area contributed by atoms with Crippen molar-refractivity contribution in [2.75, 3.05) is 13.7 Å². The molecular weight excluding hydrogens is 452 g/mol. The van der Waals surface area contributed by atoms with Crippen LogP contribution in [0.1, 0.15) is 37.5 Å². The molecule has 0 bridgehead atoms. The summed E-state index contributed by atoms with van der Waals surface area (Å²) >= 11 is 0. The van der Waals surface area contributed by atoms with E-state index in [9.17, 15) is 9.59 Å². The number of nitrogens with zero attached hydrogens (tertiary/aromatic N) is 1. The number of aryl methyl sites for hydroxylation is 1. The van der Waals surface area contributed by atoms with Crippen LogP contribution >= 0.6 is 0 Å². The van der Waals surface area contributed by atoms with Crippen LogP contribution in [0.15, 0.2) is 78.9 Å². The Bertz CT molecular complexity index is 1150. The van der Waals surface area contributed by atoms with E-state index in [2.05, 4.69) is 5.32 Å². The summed E-state index contributed by atoms with van der Waals surface area (Å²) in [5, 5.41) is 3.07. The van der Waals surface area contributed by atoms with Crippen molar-refractivity contribution in [1.29, 1.82) is 0 Å². The maximum absolute atomic E-state index is 13.7. The first-order valence-electron chi connectivity index (χ1n) is 12.1. The minimum absolute atomic E-state index is 0.179. The number of rotatable bonds is 10. The van der Waals surface area contributed by atoms with Gasteiger partial charge in [-0.2, -0.15) is 0 Å². The molecule has 190 valence electrons. The van der Waals surface area contributed by atoms with E-state index in [1.165, 1.54) is 0 Å². The minimum Gasteiger partial charge on any atom is -0.497 e. The number of methoxy groups -OCH3 is 1. The molecule has 6 nitrogen and oxygen atoms in total. The molecule has 0 spiro atoms. The summed E-state index contributed by atoms with van der Waals surface area (Å²) in [4.78, 5) is 28.8. The van der Waals surface area contributed by atoms with Gasteiger partial charge in [-0.3, -0.25) is 9.59 Å². The second kappa shape index (κ2) is 12.2. The highest BCUT2D eigenvalue weighted by molar-refractivity contribution is 5.89. The van der Waals surface area contributed by atoms with Crippen LogP contribution in [-0.2, 0) is 22.6 Å². The first-order valence-corrected chi connectivity index (χ1v) is 12.1. The second-order valence-electron chi connectivity index (χ2n) is 9.92. The number of amides is 2. The molecule has 2 amide bonds. The monoisotopic (exact) mass is 488 g/mol. The molecule has 6 heteroatoms. The maximum Gasteiger partial charge on any atom is 0.261 e. The molecule has 36 heavy (non-hydrogen) atoms. The second-order valence-corrected chi connectivity index (χ2v) is 9.92. The van der Waals surface area contributed by atoms with E-state index in [1.807, 2.05) is 107 Å². The van der Waals surface area contributed by atoms with Crippen LogP contribution in [0.25, 0.3) is 0 Å². The molecule has 0 fully saturated rings. The highest BCUT2D eigenvalue weighted by Crippen LogP contribution is 2.20. The Morgan fingerprint density at radius 2 is 1.56 bits per heavy atom. The van der Waals surface area contributed by atoms with Gasteiger partial charge in [-0.25, -0.2) is 0 Å². The number of ether oxygens (including phenoxy) is 2.